The molecule has 0 unspecified atom stereocenters. The zero-order valence-corrected chi connectivity index (χ0v) is 18.8. The third-order valence-corrected chi connectivity index (χ3v) is 5.61. The van der Waals surface area contributed by atoms with E-state index in [0.29, 0.717) is 0 Å². The van der Waals surface area contributed by atoms with E-state index in [1.54, 1.807) is 6.92 Å². The highest BCUT2D eigenvalue weighted by Gasteiger charge is 2.43. The summed E-state index contributed by atoms with van der Waals surface area (Å²) in [4.78, 5) is 49.3. The lowest BCUT2D eigenvalue weighted by Crippen LogP contribution is -2.64. The fourth-order valence-corrected chi connectivity index (χ4v) is 3.40. The van der Waals surface area contributed by atoms with Crippen LogP contribution in [0.4, 0.5) is 0 Å². The smallest absolute Gasteiger partial charge is 0.322 e. The number of rotatable bonds is 5. The van der Waals surface area contributed by atoms with Crippen LogP contribution in [0.1, 0.15) is 38.9 Å². The summed E-state index contributed by atoms with van der Waals surface area (Å²) in [5.41, 5.74) is -1.20. The predicted molar refractivity (Wildman–Crippen MR) is 115 cm³/mol. The normalized spacial score (nSPS) is 28.2. The number of aromatic hydroxyl groups is 1. The number of benzene rings is 1. The Kier molecular flexibility index (Phi) is 8.23. The van der Waals surface area contributed by atoms with Crippen molar-refractivity contribution in [2.75, 3.05) is 13.6 Å². The van der Waals surface area contributed by atoms with Gasteiger partial charge >= 0.3 is 5.97 Å². The number of phenols is 1. The molecule has 1 aliphatic heterocycles. The summed E-state index contributed by atoms with van der Waals surface area (Å²) in [6.45, 7) is 3.90. The molecule has 0 radical (unpaired) electrons. The van der Waals surface area contributed by atoms with Gasteiger partial charge in [-0.2, -0.15) is 0 Å². The van der Waals surface area contributed by atoms with Gasteiger partial charge in [0, 0.05) is 0 Å². The highest BCUT2D eigenvalue weighted by molar-refractivity contribution is 5.94. The Morgan fingerprint density at radius 2 is 1.88 bits per heavy atom. The van der Waals surface area contributed by atoms with Crippen LogP contribution in [0.2, 0.25) is 0 Å². The van der Waals surface area contributed by atoms with Crippen molar-refractivity contribution < 1.29 is 39.2 Å². The Balaban J connectivity index is 2.60. The summed E-state index contributed by atoms with van der Waals surface area (Å²) in [5.74, 6) is -3.91. The number of likely N-dealkylation sites (N-methyl/N-ethyl adjacent to an activating group) is 1. The third kappa shape index (κ3) is 5.90. The van der Waals surface area contributed by atoms with E-state index in [4.69, 9.17) is 9.84 Å². The Labute approximate surface area is 190 Å². The SMILES string of the molecule is CC[C@@]1(C)Oc2cc(ccc2O)[C@H](O)[C@@H](NC)C(=O)N[C@@H](C)C(=O)N[C@@H]1C(=O)NCC(=O)O. The third-order valence-electron chi connectivity index (χ3n) is 5.61. The summed E-state index contributed by atoms with van der Waals surface area (Å²) in [6, 6.07) is 0.398. The average Bonchev–Trinajstić information content (AvgIpc) is 2.76. The van der Waals surface area contributed by atoms with E-state index >= 15 is 0 Å². The Hall–Kier alpha value is -3.38. The fraction of sp³-hybridized carbons (Fsp3) is 0.524. The van der Waals surface area contributed by atoms with E-state index in [2.05, 4.69) is 21.3 Å². The molecule has 0 spiro atoms. The number of ether oxygens (including phenoxy) is 1. The molecular formula is C21H30N4O8. The molecule has 0 saturated heterocycles. The van der Waals surface area contributed by atoms with E-state index in [9.17, 15) is 29.4 Å². The molecule has 5 atom stereocenters. The lowest BCUT2D eigenvalue weighted by atomic mass is 9.91. The maximum atomic E-state index is 12.9. The lowest BCUT2D eigenvalue weighted by Gasteiger charge is -2.37. The van der Waals surface area contributed by atoms with E-state index < -0.39 is 60.1 Å². The van der Waals surface area contributed by atoms with Crippen LogP contribution in [0.25, 0.3) is 0 Å². The molecule has 1 heterocycles. The number of carboxylic acids is 1. The minimum absolute atomic E-state index is 0.0938. The fourth-order valence-electron chi connectivity index (χ4n) is 3.40. The number of hydrogen-bond acceptors (Lipinski definition) is 8. The van der Waals surface area contributed by atoms with Crippen LogP contribution in [0, 0.1) is 0 Å². The standard InChI is InChI=1S/C21H30N4O8/c1-5-21(3)17(20(32)23-9-14(27)28)25-18(30)10(2)24-19(31)15(22-4)16(29)11-6-7-12(26)13(8-11)33-21/h6-8,10,15-17,22,26,29H,5,9H2,1-4H3,(H,23,32)(H,24,31)(H,25,30)(H,27,28)/t10-,15+,16-,17+,21+/m0/s1. The molecule has 1 aliphatic rings. The van der Waals surface area contributed by atoms with Gasteiger partial charge in [0.05, 0.1) is 0 Å². The summed E-state index contributed by atoms with van der Waals surface area (Å²) >= 11 is 0. The van der Waals surface area contributed by atoms with Crippen molar-refractivity contribution in [1.29, 1.82) is 0 Å². The number of nitrogens with one attached hydrogen (secondary N) is 4. The van der Waals surface area contributed by atoms with Crippen molar-refractivity contribution in [2.24, 2.45) is 0 Å². The highest BCUT2D eigenvalue weighted by atomic mass is 16.5. The van der Waals surface area contributed by atoms with Gasteiger partial charge in [-0.05, 0) is 45.0 Å². The molecule has 0 fully saturated rings. The molecule has 33 heavy (non-hydrogen) atoms. The molecule has 12 heteroatoms. The molecule has 1 aromatic carbocycles. The second-order valence-electron chi connectivity index (χ2n) is 7.99. The average molecular weight is 466 g/mol. The highest BCUT2D eigenvalue weighted by Crippen LogP contribution is 2.35. The van der Waals surface area contributed by atoms with Crippen LogP contribution < -0.4 is 26.0 Å². The molecule has 0 aromatic heterocycles. The number of aliphatic hydroxyl groups excluding tert-OH is 1. The van der Waals surface area contributed by atoms with Crippen molar-refractivity contribution >= 4 is 23.7 Å². The predicted octanol–water partition coefficient (Wildman–Crippen LogP) is -1.23. The van der Waals surface area contributed by atoms with Gasteiger partial charge in [0.15, 0.2) is 11.5 Å². The van der Waals surface area contributed by atoms with Crippen molar-refractivity contribution in [1.82, 2.24) is 21.3 Å². The van der Waals surface area contributed by atoms with Gasteiger partial charge in [-0.1, -0.05) is 13.0 Å². The van der Waals surface area contributed by atoms with Crippen molar-refractivity contribution in [3.05, 3.63) is 23.8 Å². The largest absolute Gasteiger partial charge is 0.504 e. The monoisotopic (exact) mass is 466 g/mol. The summed E-state index contributed by atoms with van der Waals surface area (Å²) in [6.07, 6.45) is -1.19. The van der Waals surface area contributed by atoms with Gasteiger partial charge in [0.2, 0.25) is 17.7 Å². The molecule has 2 rings (SSSR count). The molecule has 1 aromatic rings. The van der Waals surface area contributed by atoms with Gasteiger partial charge in [-0.3, -0.25) is 19.2 Å². The minimum atomic E-state index is -1.44. The zero-order chi connectivity index (χ0) is 24.9. The minimum Gasteiger partial charge on any atom is -0.504 e. The van der Waals surface area contributed by atoms with Crippen molar-refractivity contribution in [2.45, 2.75) is 57.0 Å². The second kappa shape index (κ2) is 10.5. The number of fused-ring (bicyclic) bond motifs is 2. The first-order valence-corrected chi connectivity index (χ1v) is 10.4. The van der Waals surface area contributed by atoms with E-state index in [-0.39, 0.29) is 23.5 Å². The zero-order valence-electron chi connectivity index (χ0n) is 18.8. The summed E-state index contributed by atoms with van der Waals surface area (Å²) in [7, 11) is 1.46. The number of carbonyl (C=O) groups excluding carboxylic acids is 3. The number of aliphatic hydroxyl groups is 1. The molecule has 182 valence electrons. The topological polar surface area (TPSA) is 186 Å². The van der Waals surface area contributed by atoms with E-state index in [1.165, 1.54) is 39.1 Å². The van der Waals surface area contributed by atoms with Crippen LogP contribution in [0.5, 0.6) is 11.5 Å². The van der Waals surface area contributed by atoms with Crippen LogP contribution in [-0.4, -0.2) is 76.3 Å². The first-order valence-electron chi connectivity index (χ1n) is 10.4. The Morgan fingerprint density at radius 3 is 2.45 bits per heavy atom. The van der Waals surface area contributed by atoms with Crippen LogP contribution in [-0.2, 0) is 19.2 Å². The first kappa shape index (κ1) is 25.9. The second-order valence-corrected chi connectivity index (χ2v) is 7.99. The van der Waals surface area contributed by atoms with Crippen LogP contribution in [0.3, 0.4) is 0 Å². The molecular weight excluding hydrogens is 436 g/mol. The quantitative estimate of drug-likeness (QED) is 0.279. The van der Waals surface area contributed by atoms with Gasteiger partial charge in [0.25, 0.3) is 0 Å². The molecule has 12 nitrogen and oxygen atoms in total. The first-order chi connectivity index (χ1) is 15.4. The molecule has 0 saturated carbocycles. The maximum absolute atomic E-state index is 12.9. The lowest BCUT2D eigenvalue weighted by molar-refractivity contribution is -0.140. The van der Waals surface area contributed by atoms with E-state index in [0.717, 1.165) is 0 Å². The Bertz CT molecular complexity index is 924. The molecule has 7 N–H and O–H groups in total. The maximum Gasteiger partial charge on any atom is 0.322 e. The Morgan fingerprint density at radius 1 is 1.21 bits per heavy atom. The van der Waals surface area contributed by atoms with Crippen LogP contribution in [0.15, 0.2) is 18.2 Å². The van der Waals surface area contributed by atoms with Gasteiger partial charge in [-0.15, -0.1) is 0 Å². The number of carboxylic acid groups (broad SMARTS) is 1. The van der Waals surface area contributed by atoms with Gasteiger partial charge in [0.1, 0.15) is 36.4 Å². The van der Waals surface area contributed by atoms with E-state index in [1.807, 2.05) is 0 Å². The van der Waals surface area contributed by atoms with Crippen LogP contribution >= 0.6 is 0 Å². The number of hydrogen-bond donors (Lipinski definition) is 7. The number of amides is 3. The summed E-state index contributed by atoms with van der Waals surface area (Å²) < 4.78 is 5.99. The van der Waals surface area contributed by atoms with Crippen molar-refractivity contribution in [3.63, 3.8) is 0 Å². The molecule has 0 aliphatic carbocycles. The summed E-state index contributed by atoms with van der Waals surface area (Å²) in [5, 5.41) is 39.9. The van der Waals surface area contributed by atoms with Crippen molar-refractivity contribution in [3.8, 4) is 11.5 Å². The van der Waals surface area contributed by atoms with Gasteiger partial charge in [-0.25, -0.2) is 0 Å². The number of aliphatic carboxylic acids is 1. The molecule has 2 bridgehead atoms. The molecule has 3 amide bonds. The number of carbonyl (C=O) groups is 4. The van der Waals surface area contributed by atoms with Gasteiger partial charge < -0.3 is 41.3 Å². The number of phenolic OH excluding ortho intramolecular Hbond substituents is 1.